The minimum Gasteiger partial charge on any atom is -0.493 e. The van der Waals surface area contributed by atoms with Crippen LogP contribution in [0.3, 0.4) is 0 Å². The predicted molar refractivity (Wildman–Crippen MR) is 132 cm³/mol. The van der Waals surface area contributed by atoms with Crippen LogP contribution in [-0.2, 0) is 0 Å². The zero-order valence-electron chi connectivity index (χ0n) is 19.1. The van der Waals surface area contributed by atoms with Crippen LogP contribution in [0.4, 0.5) is 0 Å². The number of ketones is 2. The number of carbonyl (C=O) groups excluding carboxylic acids is 2. The Labute approximate surface area is 197 Å². The Balaban J connectivity index is 1.54. The highest BCUT2D eigenvalue weighted by atomic mass is 32.1. The number of pyridine rings is 1. The maximum Gasteiger partial charge on any atom is 0.181 e. The van der Waals surface area contributed by atoms with Crippen LogP contribution < -0.4 is 9.47 Å². The fourth-order valence-corrected chi connectivity index (χ4v) is 4.88. The Morgan fingerprint density at radius 3 is 2.39 bits per heavy atom. The van der Waals surface area contributed by atoms with Gasteiger partial charge >= 0.3 is 0 Å². The molecule has 0 radical (unpaired) electrons. The second-order valence-corrected chi connectivity index (χ2v) is 8.76. The number of aryl methyl sites for hydroxylation is 2. The Hall–Kier alpha value is -3.51. The zero-order valence-corrected chi connectivity index (χ0v) is 19.9. The van der Waals surface area contributed by atoms with Crippen LogP contribution in [0.25, 0.3) is 21.3 Å². The van der Waals surface area contributed by atoms with Crippen LogP contribution in [-0.4, -0.2) is 30.8 Å². The number of rotatable bonds is 8. The van der Waals surface area contributed by atoms with Gasteiger partial charge in [-0.15, -0.1) is 11.3 Å². The van der Waals surface area contributed by atoms with Crippen LogP contribution in [0.1, 0.15) is 44.8 Å². The van der Waals surface area contributed by atoms with Gasteiger partial charge < -0.3 is 9.47 Å². The van der Waals surface area contributed by atoms with E-state index in [9.17, 15) is 9.59 Å². The monoisotopic (exact) mass is 459 g/mol. The molecule has 2 aromatic carbocycles. The van der Waals surface area contributed by atoms with Crippen molar-refractivity contribution >= 4 is 33.0 Å². The van der Waals surface area contributed by atoms with Gasteiger partial charge in [-0.3, -0.25) is 9.59 Å². The molecule has 33 heavy (non-hydrogen) atoms. The number of hydrogen-bond acceptors (Lipinski definition) is 6. The molecule has 0 unspecified atom stereocenters. The molecule has 2 aromatic heterocycles. The summed E-state index contributed by atoms with van der Waals surface area (Å²) in [5.74, 6) is 0.757. The number of Topliss-reactive ketones (excluding diaryl/α,β-unsaturated/α-hetero) is 2. The maximum atomic E-state index is 12.9. The zero-order chi connectivity index (χ0) is 23.5. The number of hydrogen-bond donors (Lipinski definition) is 0. The van der Waals surface area contributed by atoms with Crippen molar-refractivity contribution in [3.05, 3.63) is 76.3 Å². The summed E-state index contributed by atoms with van der Waals surface area (Å²) in [6.07, 6.45) is 0.186. The summed E-state index contributed by atoms with van der Waals surface area (Å²) in [5.41, 5.74) is 4.94. The van der Waals surface area contributed by atoms with E-state index in [-0.39, 0.29) is 24.4 Å². The summed E-state index contributed by atoms with van der Waals surface area (Å²) in [6, 6.07) is 14.9. The smallest absolute Gasteiger partial charge is 0.181 e. The lowest BCUT2D eigenvalue weighted by atomic mass is 10.0. The van der Waals surface area contributed by atoms with Crippen molar-refractivity contribution in [1.29, 1.82) is 0 Å². The molecule has 0 fully saturated rings. The number of methoxy groups -OCH3 is 2. The topological polar surface area (TPSA) is 65.5 Å². The molecule has 0 saturated carbocycles. The molecule has 4 aromatic rings. The van der Waals surface area contributed by atoms with Gasteiger partial charge in [-0.1, -0.05) is 24.3 Å². The van der Waals surface area contributed by atoms with E-state index in [2.05, 4.69) is 24.4 Å². The minimum atomic E-state index is -0.152. The first kappa shape index (κ1) is 22.7. The normalized spacial score (nSPS) is 10.9. The first-order valence-electron chi connectivity index (χ1n) is 10.7. The standard InChI is InChI=1S/C27H25NO4S/c1-16-8-10-21(28-26(16)20-15-33-27-17(2)6-5-7-19(20)27)23(30)12-11-22(29)18-9-13-24(31-3)25(14-18)32-4/h5-10,13-15H,11-12H2,1-4H3. The third-order valence-corrected chi connectivity index (χ3v) is 6.85. The summed E-state index contributed by atoms with van der Waals surface area (Å²) in [7, 11) is 3.06. The average Bonchev–Trinajstić information content (AvgIpc) is 3.27. The molecule has 6 heteroatoms. The average molecular weight is 460 g/mol. The van der Waals surface area contributed by atoms with Crippen molar-refractivity contribution in [3.8, 4) is 22.8 Å². The molecule has 0 aliphatic carbocycles. The van der Waals surface area contributed by atoms with Crippen molar-refractivity contribution in [2.24, 2.45) is 0 Å². The first-order valence-corrected chi connectivity index (χ1v) is 11.5. The lowest BCUT2D eigenvalue weighted by molar-refractivity contribution is 0.0915. The molecular formula is C27H25NO4S. The van der Waals surface area contributed by atoms with Crippen molar-refractivity contribution in [1.82, 2.24) is 4.98 Å². The molecule has 0 saturated heterocycles. The third-order valence-electron chi connectivity index (χ3n) is 5.72. The molecular weight excluding hydrogens is 434 g/mol. The molecule has 5 nitrogen and oxygen atoms in total. The maximum absolute atomic E-state index is 12.9. The van der Waals surface area contributed by atoms with Gasteiger partial charge in [-0.2, -0.15) is 0 Å². The Kier molecular flexibility index (Phi) is 6.56. The van der Waals surface area contributed by atoms with E-state index in [0.29, 0.717) is 22.8 Å². The van der Waals surface area contributed by atoms with Gasteiger partial charge in [0.1, 0.15) is 5.69 Å². The molecule has 4 rings (SSSR count). The van der Waals surface area contributed by atoms with E-state index in [1.165, 1.54) is 17.4 Å². The molecule has 0 aliphatic heterocycles. The van der Waals surface area contributed by atoms with E-state index in [1.807, 2.05) is 19.1 Å². The summed E-state index contributed by atoms with van der Waals surface area (Å²) in [5, 5.41) is 3.24. The quantitative estimate of drug-likeness (QED) is 0.284. The second kappa shape index (κ2) is 9.55. The number of fused-ring (bicyclic) bond motifs is 1. The lowest BCUT2D eigenvalue weighted by Gasteiger charge is -2.09. The van der Waals surface area contributed by atoms with Gasteiger partial charge in [0.25, 0.3) is 0 Å². The largest absolute Gasteiger partial charge is 0.493 e. The number of benzene rings is 2. The molecule has 168 valence electrons. The summed E-state index contributed by atoms with van der Waals surface area (Å²) >= 11 is 1.69. The van der Waals surface area contributed by atoms with Gasteiger partial charge in [-0.25, -0.2) is 4.98 Å². The van der Waals surface area contributed by atoms with Crippen LogP contribution in [0.15, 0.2) is 53.9 Å². The summed E-state index contributed by atoms with van der Waals surface area (Å²) in [4.78, 5) is 30.3. The molecule has 0 amide bonds. The SMILES string of the molecule is COc1ccc(C(=O)CCC(=O)c2ccc(C)c(-c3csc4c(C)cccc34)n2)cc1OC. The number of nitrogens with zero attached hydrogens (tertiary/aromatic N) is 1. The van der Waals surface area contributed by atoms with Gasteiger partial charge in [0.2, 0.25) is 0 Å². The molecule has 2 heterocycles. The Morgan fingerprint density at radius 2 is 1.64 bits per heavy atom. The predicted octanol–water partition coefficient (Wildman–Crippen LogP) is 6.44. The Bertz CT molecular complexity index is 1360. The fourth-order valence-electron chi connectivity index (χ4n) is 3.85. The third kappa shape index (κ3) is 4.52. The van der Waals surface area contributed by atoms with E-state index in [1.54, 1.807) is 42.7 Å². The van der Waals surface area contributed by atoms with Crippen molar-refractivity contribution in [2.45, 2.75) is 26.7 Å². The molecule has 0 spiro atoms. The lowest BCUT2D eigenvalue weighted by Crippen LogP contribution is -2.08. The first-order chi connectivity index (χ1) is 15.9. The second-order valence-electron chi connectivity index (χ2n) is 7.88. The molecule has 0 N–H and O–H groups in total. The Morgan fingerprint density at radius 1 is 0.879 bits per heavy atom. The highest BCUT2D eigenvalue weighted by Crippen LogP contribution is 2.36. The van der Waals surface area contributed by atoms with Crippen molar-refractivity contribution in [2.75, 3.05) is 14.2 Å². The van der Waals surface area contributed by atoms with Crippen LogP contribution in [0.2, 0.25) is 0 Å². The van der Waals surface area contributed by atoms with Gasteiger partial charge in [0.05, 0.1) is 19.9 Å². The number of carbonyl (C=O) groups is 2. The molecule has 0 aliphatic rings. The van der Waals surface area contributed by atoms with Crippen molar-refractivity contribution < 1.29 is 19.1 Å². The van der Waals surface area contributed by atoms with Crippen molar-refractivity contribution in [3.63, 3.8) is 0 Å². The summed E-state index contributed by atoms with van der Waals surface area (Å²) < 4.78 is 11.7. The van der Waals surface area contributed by atoms with E-state index in [4.69, 9.17) is 14.5 Å². The van der Waals surface area contributed by atoms with Gasteiger partial charge in [-0.05, 0) is 49.2 Å². The van der Waals surface area contributed by atoms with E-state index in [0.717, 1.165) is 22.2 Å². The highest BCUT2D eigenvalue weighted by molar-refractivity contribution is 7.18. The fraction of sp³-hybridized carbons (Fsp3) is 0.222. The van der Waals surface area contributed by atoms with E-state index >= 15 is 0 Å². The number of thiophene rings is 1. The van der Waals surface area contributed by atoms with Crippen LogP contribution in [0, 0.1) is 13.8 Å². The summed E-state index contributed by atoms with van der Waals surface area (Å²) in [6.45, 7) is 4.09. The number of ether oxygens (including phenoxy) is 2. The van der Waals surface area contributed by atoms with Crippen LogP contribution in [0.5, 0.6) is 11.5 Å². The molecule has 0 bridgehead atoms. The van der Waals surface area contributed by atoms with Crippen LogP contribution >= 0.6 is 11.3 Å². The number of aromatic nitrogens is 1. The van der Waals surface area contributed by atoms with Gasteiger partial charge in [0.15, 0.2) is 23.1 Å². The van der Waals surface area contributed by atoms with E-state index < -0.39 is 0 Å². The van der Waals surface area contributed by atoms with Gasteiger partial charge in [0, 0.05) is 39.4 Å². The highest BCUT2D eigenvalue weighted by Gasteiger charge is 2.17. The minimum absolute atomic E-state index is 0.0895. The molecule has 0 atom stereocenters.